The van der Waals surface area contributed by atoms with Crippen molar-refractivity contribution in [3.05, 3.63) is 29.3 Å². The molecule has 0 saturated carbocycles. The number of aliphatic hydroxyl groups excluding tert-OH is 1. The summed E-state index contributed by atoms with van der Waals surface area (Å²) in [7, 11) is 0. The molecule has 0 saturated heterocycles. The third-order valence-electron chi connectivity index (χ3n) is 1.77. The van der Waals surface area contributed by atoms with Crippen LogP contribution >= 0.6 is 11.6 Å². The lowest BCUT2D eigenvalue weighted by molar-refractivity contribution is 0.286. The first-order chi connectivity index (χ1) is 6.34. The van der Waals surface area contributed by atoms with Gasteiger partial charge in [-0.15, -0.1) is 0 Å². The van der Waals surface area contributed by atoms with E-state index in [1.807, 2.05) is 24.3 Å². The van der Waals surface area contributed by atoms with Crippen molar-refractivity contribution in [2.75, 3.05) is 18.5 Å². The number of unbranched alkanes of at least 4 members (excludes halogenated alkanes) is 1. The Labute approximate surface area is 83.5 Å². The molecule has 0 aliphatic heterocycles. The summed E-state index contributed by atoms with van der Waals surface area (Å²) in [6.07, 6.45) is 1.79. The van der Waals surface area contributed by atoms with Crippen molar-refractivity contribution in [2.24, 2.45) is 0 Å². The fraction of sp³-hybridized carbons (Fsp3) is 0.400. The smallest absolute Gasteiger partial charge is 0.0637 e. The summed E-state index contributed by atoms with van der Waals surface area (Å²) in [6.45, 7) is 1.11. The molecule has 0 aromatic heterocycles. The van der Waals surface area contributed by atoms with Crippen LogP contribution in [0.5, 0.6) is 0 Å². The van der Waals surface area contributed by atoms with Gasteiger partial charge in [0.1, 0.15) is 0 Å². The van der Waals surface area contributed by atoms with Gasteiger partial charge >= 0.3 is 0 Å². The molecule has 0 spiro atoms. The lowest BCUT2D eigenvalue weighted by atomic mass is 10.3. The first-order valence-corrected chi connectivity index (χ1v) is 4.81. The number of halogens is 1. The van der Waals surface area contributed by atoms with Crippen molar-refractivity contribution < 1.29 is 5.11 Å². The van der Waals surface area contributed by atoms with Gasteiger partial charge in [-0.25, -0.2) is 0 Å². The molecule has 3 heteroatoms. The molecule has 13 heavy (non-hydrogen) atoms. The fourth-order valence-electron chi connectivity index (χ4n) is 1.06. The summed E-state index contributed by atoms with van der Waals surface area (Å²) >= 11 is 5.93. The first kappa shape index (κ1) is 10.4. The zero-order valence-corrected chi connectivity index (χ0v) is 8.22. The van der Waals surface area contributed by atoms with E-state index >= 15 is 0 Å². The minimum atomic E-state index is 0.254. The summed E-state index contributed by atoms with van der Waals surface area (Å²) in [5.74, 6) is 0. The van der Waals surface area contributed by atoms with Crippen LogP contribution < -0.4 is 5.32 Å². The second kappa shape index (κ2) is 5.84. The Kier molecular flexibility index (Phi) is 4.65. The summed E-state index contributed by atoms with van der Waals surface area (Å²) in [5, 5.41) is 12.5. The van der Waals surface area contributed by atoms with Crippen LogP contribution in [-0.2, 0) is 0 Å². The molecule has 0 atom stereocenters. The van der Waals surface area contributed by atoms with E-state index in [0.717, 1.165) is 30.1 Å². The molecule has 2 nitrogen and oxygen atoms in total. The van der Waals surface area contributed by atoms with Crippen LogP contribution in [0, 0.1) is 0 Å². The van der Waals surface area contributed by atoms with Crippen molar-refractivity contribution in [1.82, 2.24) is 0 Å². The molecule has 72 valence electrons. The molecule has 0 amide bonds. The van der Waals surface area contributed by atoms with Gasteiger partial charge in [0.05, 0.1) is 10.7 Å². The zero-order valence-electron chi connectivity index (χ0n) is 7.46. The molecular formula is C10H14ClNO. The summed E-state index contributed by atoms with van der Waals surface area (Å²) in [6, 6.07) is 7.65. The second-order valence-electron chi connectivity index (χ2n) is 2.84. The normalized spacial score (nSPS) is 10.0. The number of para-hydroxylation sites is 1. The highest BCUT2D eigenvalue weighted by Crippen LogP contribution is 2.20. The van der Waals surface area contributed by atoms with Crippen LogP contribution in [0.3, 0.4) is 0 Å². The highest BCUT2D eigenvalue weighted by Gasteiger charge is 1.95. The maximum Gasteiger partial charge on any atom is 0.0637 e. The van der Waals surface area contributed by atoms with E-state index in [9.17, 15) is 0 Å². The predicted octanol–water partition coefficient (Wildman–Crippen LogP) is 2.52. The van der Waals surface area contributed by atoms with E-state index in [1.54, 1.807) is 0 Å². The van der Waals surface area contributed by atoms with Gasteiger partial charge in [0.15, 0.2) is 0 Å². The molecule has 0 fully saturated rings. The number of hydrogen-bond donors (Lipinski definition) is 2. The molecule has 1 aromatic carbocycles. The average molecular weight is 200 g/mol. The lowest BCUT2D eigenvalue weighted by Crippen LogP contribution is -2.02. The van der Waals surface area contributed by atoms with E-state index in [4.69, 9.17) is 16.7 Å². The topological polar surface area (TPSA) is 32.3 Å². The predicted molar refractivity (Wildman–Crippen MR) is 56.3 cm³/mol. The zero-order chi connectivity index (χ0) is 9.52. The van der Waals surface area contributed by atoms with Gasteiger partial charge in [-0.1, -0.05) is 23.7 Å². The van der Waals surface area contributed by atoms with Crippen LogP contribution in [-0.4, -0.2) is 18.3 Å². The number of anilines is 1. The van der Waals surface area contributed by atoms with Crippen LogP contribution in [0.4, 0.5) is 5.69 Å². The molecule has 0 radical (unpaired) electrons. The lowest BCUT2D eigenvalue weighted by Gasteiger charge is -2.06. The van der Waals surface area contributed by atoms with Crippen LogP contribution in [0.25, 0.3) is 0 Å². The molecule has 0 unspecified atom stereocenters. The maximum atomic E-state index is 8.56. The van der Waals surface area contributed by atoms with Crippen molar-refractivity contribution in [3.8, 4) is 0 Å². The van der Waals surface area contributed by atoms with Crippen molar-refractivity contribution in [1.29, 1.82) is 0 Å². The molecule has 1 aromatic rings. The second-order valence-corrected chi connectivity index (χ2v) is 3.24. The van der Waals surface area contributed by atoms with Crippen molar-refractivity contribution in [3.63, 3.8) is 0 Å². The Morgan fingerprint density at radius 2 is 2.00 bits per heavy atom. The van der Waals surface area contributed by atoms with Gasteiger partial charge in [-0.05, 0) is 25.0 Å². The standard InChI is InChI=1S/C10H14ClNO/c11-9-5-1-2-6-10(9)12-7-3-4-8-13/h1-2,5-6,12-13H,3-4,7-8H2. The third kappa shape index (κ3) is 3.66. The molecule has 0 heterocycles. The van der Waals surface area contributed by atoms with Crippen molar-refractivity contribution in [2.45, 2.75) is 12.8 Å². The number of aliphatic hydroxyl groups is 1. The van der Waals surface area contributed by atoms with E-state index in [1.165, 1.54) is 0 Å². The molecule has 1 rings (SSSR count). The molecular weight excluding hydrogens is 186 g/mol. The fourth-order valence-corrected chi connectivity index (χ4v) is 1.27. The SMILES string of the molecule is OCCCCNc1ccccc1Cl. The van der Waals surface area contributed by atoms with Gasteiger partial charge < -0.3 is 10.4 Å². The van der Waals surface area contributed by atoms with Gasteiger partial charge in [-0.2, -0.15) is 0 Å². The molecule has 0 aliphatic carbocycles. The molecule has 0 aliphatic rings. The minimum absolute atomic E-state index is 0.254. The Morgan fingerprint density at radius 1 is 1.23 bits per heavy atom. The van der Waals surface area contributed by atoms with Gasteiger partial charge in [0.25, 0.3) is 0 Å². The summed E-state index contributed by atoms with van der Waals surface area (Å²) in [4.78, 5) is 0. The summed E-state index contributed by atoms with van der Waals surface area (Å²) in [5.41, 5.74) is 0.960. The highest BCUT2D eigenvalue weighted by molar-refractivity contribution is 6.33. The van der Waals surface area contributed by atoms with Crippen molar-refractivity contribution >= 4 is 17.3 Å². The van der Waals surface area contributed by atoms with Crippen LogP contribution in [0.1, 0.15) is 12.8 Å². The molecule has 2 N–H and O–H groups in total. The number of rotatable bonds is 5. The Hall–Kier alpha value is -0.730. The van der Waals surface area contributed by atoms with E-state index < -0.39 is 0 Å². The monoisotopic (exact) mass is 199 g/mol. The number of nitrogens with one attached hydrogen (secondary N) is 1. The van der Waals surface area contributed by atoms with Gasteiger partial charge in [0.2, 0.25) is 0 Å². The van der Waals surface area contributed by atoms with E-state index in [-0.39, 0.29) is 6.61 Å². The van der Waals surface area contributed by atoms with E-state index in [0.29, 0.717) is 0 Å². The first-order valence-electron chi connectivity index (χ1n) is 4.44. The average Bonchev–Trinajstić information content (AvgIpc) is 2.15. The Balaban J connectivity index is 2.32. The van der Waals surface area contributed by atoms with E-state index in [2.05, 4.69) is 5.32 Å². The minimum Gasteiger partial charge on any atom is -0.396 e. The largest absolute Gasteiger partial charge is 0.396 e. The quantitative estimate of drug-likeness (QED) is 0.715. The van der Waals surface area contributed by atoms with Gasteiger partial charge in [0, 0.05) is 13.2 Å². The maximum absolute atomic E-state index is 8.56. The highest BCUT2D eigenvalue weighted by atomic mass is 35.5. The molecule has 0 bridgehead atoms. The van der Waals surface area contributed by atoms with Crippen LogP contribution in [0.2, 0.25) is 5.02 Å². The number of benzene rings is 1. The Bertz CT molecular complexity index is 252. The number of hydrogen-bond acceptors (Lipinski definition) is 2. The third-order valence-corrected chi connectivity index (χ3v) is 2.10. The van der Waals surface area contributed by atoms with Gasteiger partial charge in [-0.3, -0.25) is 0 Å². The summed E-state index contributed by atoms with van der Waals surface area (Å²) < 4.78 is 0. The Morgan fingerprint density at radius 3 is 2.69 bits per heavy atom. The van der Waals surface area contributed by atoms with Crippen LogP contribution in [0.15, 0.2) is 24.3 Å².